The highest BCUT2D eigenvalue weighted by Crippen LogP contribution is 2.34. The Morgan fingerprint density at radius 1 is 0.911 bits per heavy atom. The number of carboxylic acid groups (broad SMARTS) is 1. The summed E-state index contributed by atoms with van der Waals surface area (Å²) in [7, 11) is 0. The van der Waals surface area contributed by atoms with Crippen LogP contribution in [0.15, 0.2) is 78.9 Å². The maximum atomic E-state index is 14.4. The molecule has 1 aromatic heterocycles. The fourth-order valence-corrected chi connectivity index (χ4v) is 5.75. The number of carboxylic acids is 1. The number of aromatic carboxylic acids is 1. The molecule has 1 amide bonds. The molecule has 1 aliphatic heterocycles. The van der Waals surface area contributed by atoms with Crippen LogP contribution in [0.2, 0.25) is 0 Å². The van der Waals surface area contributed by atoms with Crippen molar-refractivity contribution < 1.29 is 43.3 Å². The van der Waals surface area contributed by atoms with Gasteiger partial charge in [-0.05, 0) is 74.9 Å². The Hall–Kier alpha value is -5.03. The number of esters is 1. The molecule has 5 rings (SSSR count). The van der Waals surface area contributed by atoms with E-state index < -0.39 is 52.9 Å². The second-order valence-corrected chi connectivity index (χ2v) is 11.9. The summed E-state index contributed by atoms with van der Waals surface area (Å²) in [6, 6.07) is 19.2. The van der Waals surface area contributed by atoms with Crippen molar-refractivity contribution in [2.75, 3.05) is 6.54 Å². The van der Waals surface area contributed by atoms with Crippen LogP contribution >= 0.6 is 0 Å². The molecule has 0 aliphatic carbocycles. The topological polar surface area (TPSA) is 135 Å². The summed E-state index contributed by atoms with van der Waals surface area (Å²) in [6.45, 7) is 5.07. The van der Waals surface area contributed by atoms with Crippen LogP contribution in [0.1, 0.15) is 60.8 Å². The average Bonchev–Trinajstić information content (AvgIpc) is 3.59. The van der Waals surface area contributed by atoms with E-state index in [0.29, 0.717) is 18.2 Å². The number of benzene rings is 3. The van der Waals surface area contributed by atoms with Crippen molar-refractivity contribution in [1.29, 1.82) is 0 Å². The monoisotopic (exact) mass is 616 g/mol. The molecule has 11 heteroatoms. The number of hydrogen-bond donors (Lipinski definition) is 2. The van der Waals surface area contributed by atoms with Gasteiger partial charge in [-0.1, -0.05) is 60.7 Å². The van der Waals surface area contributed by atoms with Gasteiger partial charge in [0.15, 0.2) is 0 Å². The van der Waals surface area contributed by atoms with Crippen LogP contribution in [0, 0.1) is 5.82 Å². The van der Waals surface area contributed by atoms with Gasteiger partial charge in [-0.15, -0.1) is 0 Å². The van der Waals surface area contributed by atoms with Crippen LogP contribution < -0.4 is 0 Å². The van der Waals surface area contributed by atoms with Crippen molar-refractivity contribution in [2.45, 2.75) is 57.3 Å². The van der Waals surface area contributed by atoms with Crippen LogP contribution in [0.4, 0.5) is 14.0 Å². The molecule has 10 nitrogen and oxygen atoms in total. The van der Waals surface area contributed by atoms with E-state index >= 15 is 0 Å². The van der Waals surface area contributed by atoms with Crippen molar-refractivity contribution in [3.63, 3.8) is 0 Å². The van der Waals surface area contributed by atoms with E-state index in [-0.39, 0.29) is 35.2 Å². The van der Waals surface area contributed by atoms with Gasteiger partial charge in [0.05, 0.1) is 5.52 Å². The van der Waals surface area contributed by atoms with E-state index in [1.165, 1.54) is 11.0 Å². The molecule has 2 heterocycles. The number of carbonyl (C=O) groups excluding carboxylic acids is 3. The summed E-state index contributed by atoms with van der Waals surface area (Å²) in [6.07, 6.45) is -1.07. The summed E-state index contributed by atoms with van der Waals surface area (Å²) < 4.78 is 26.0. The number of amides is 1. The highest BCUT2D eigenvalue weighted by molar-refractivity contribution is 6.04. The maximum absolute atomic E-state index is 14.4. The zero-order valence-corrected chi connectivity index (χ0v) is 25.0. The van der Waals surface area contributed by atoms with Crippen LogP contribution in [0.5, 0.6) is 0 Å². The first kappa shape index (κ1) is 31.4. The molecule has 234 valence electrons. The Morgan fingerprint density at radius 3 is 2.07 bits per heavy atom. The normalized spacial score (nSPS) is 15.2. The molecule has 1 fully saturated rings. The Bertz CT molecular complexity index is 1720. The third kappa shape index (κ3) is 6.16. The lowest BCUT2D eigenvalue weighted by Crippen LogP contribution is -2.44. The van der Waals surface area contributed by atoms with Gasteiger partial charge in [0.25, 0.3) is 0 Å². The first-order valence-corrected chi connectivity index (χ1v) is 14.5. The molecular formula is C34H33FN2O8. The van der Waals surface area contributed by atoms with E-state index in [1.54, 1.807) is 81.4 Å². The number of likely N-dealkylation sites (tertiary alicyclic amines) is 1. The van der Waals surface area contributed by atoms with Crippen LogP contribution in [0.25, 0.3) is 10.9 Å². The standard InChI is InChI=1S/C34H33FN2O8/c1-33(2,3)45-32(42)37-27-19-23(35)16-17-25(27)26(28(37)29(38)39)20-24-15-10-18-36(24)31(41)44-30(40)34(43,21-11-6-4-7-12-21)22-13-8-5-9-14-22/h4-9,11-14,16-17,19,24,43H,10,15,18,20H2,1-3H3,(H,38,39). The second-order valence-electron chi connectivity index (χ2n) is 11.9. The lowest BCUT2D eigenvalue weighted by molar-refractivity contribution is -0.156. The number of halogens is 1. The summed E-state index contributed by atoms with van der Waals surface area (Å²) in [5.74, 6) is -3.31. The van der Waals surface area contributed by atoms with E-state index in [9.17, 15) is 33.8 Å². The van der Waals surface area contributed by atoms with E-state index in [1.807, 2.05) is 0 Å². The smallest absolute Gasteiger partial charge is 0.419 e. The minimum atomic E-state index is -2.28. The molecule has 1 unspecified atom stereocenters. The Labute approximate surface area is 258 Å². The van der Waals surface area contributed by atoms with E-state index in [4.69, 9.17) is 9.47 Å². The lowest BCUT2D eigenvalue weighted by atomic mass is 9.86. The summed E-state index contributed by atoms with van der Waals surface area (Å²) >= 11 is 0. The fraction of sp³-hybridized carbons (Fsp3) is 0.294. The number of fused-ring (bicyclic) bond motifs is 1. The minimum Gasteiger partial charge on any atom is -0.477 e. The number of carbonyl (C=O) groups is 4. The highest BCUT2D eigenvalue weighted by Gasteiger charge is 2.44. The Kier molecular flexibility index (Phi) is 8.48. The molecule has 1 aliphatic rings. The second kappa shape index (κ2) is 12.2. The number of hydrogen-bond acceptors (Lipinski definition) is 7. The van der Waals surface area contributed by atoms with E-state index in [2.05, 4.69) is 0 Å². The molecule has 45 heavy (non-hydrogen) atoms. The number of aliphatic hydroxyl groups is 1. The molecule has 3 aromatic carbocycles. The van der Waals surface area contributed by atoms with Gasteiger partial charge in [0, 0.05) is 18.0 Å². The molecule has 1 atom stereocenters. The van der Waals surface area contributed by atoms with Gasteiger partial charge >= 0.3 is 24.1 Å². The molecule has 1 saturated heterocycles. The van der Waals surface area contributed by atoms with E-state index in [0.717, 1.165) is 16.7 Å². The molecule has 4 aromatic rings. The van der Waals surface area contributed by atoms with Gasteiger partial charge in [-0.25, -0.2) is 28.1 Å². The number of nitrogens with zero attached hydrogens (tertiary/aromatic N) is 2. The van der Waals surface area contributed by atoms with Crippen LogP contribution in [-0.2, 0) is 26.3 Å². The predicted octanol–water partition coefficient (Wildman–Crippen LogP) is 5.87. The molecule has 0 spiro atoms. The van der Waals surface area contributed by atoms with Gasteiger partial charge < -0.3 is 24.6 Å². The van der Waals surface area contributed by atoms with Gasteiger partial charge in [0.2, 0.25) is 5.60 Å². The third-order valence-electron chi connectivity index (χ3n) is 7.72. The molecule has 0 bridgehead atoms. The maximum Gasteiger partial charge on any atom is 0.419 e. The predicted molar refractivity (Wildman–Crippen MR) is 161 cm³/mol. The minimum absolute atomic E-state index is 0.00902. The largest absolute Gasteiger partial charge is 0.477 e. The van der Waals surface area contributed by atoms with Crippen molar-refractivity contribution in [3.05, 3.63) is 107 Å². The summed E-state index contributed by atoms with van der Waals surface area (Å²) in [5.41, 5.74) is -3.03. The van der Waals surface area contributed by atoms with Crippen molar-refractivity contribution in [3.8, 4) is 0 Å². The Morgan fingerprint density at radius 2 is 1.51 bits per heavy atom. The van der Waals surface area contributed by atoms with Gasteiger partial charge in [-0.2, -0.15) is 0 Å². The summed E-state index contributed by atoms with van der Waals surface area (Å²) in [5, 5.41) is 22.2. The average molecular weight is 617 g/mol. The third-order valence-corrected chi connectivity index (χ3v) is 7.72. The fourth-order valence-electron chi connectivity index (χ4n) is 5.75. The van der Waals surface area contributed by atoms with Crippen molar-refractivity contribution >= 4 is 35.0 Å². The van der Waals surface area contributed by atoms with Gasteiger partial charge in [-0.3, -0.25) is 0 Å². The van der Waals surface area contributed by atoms with Crippen LogP contribution in [-0.4, -0.2) is 62.0 Å². The Balaban J connectivity index is 1.47. The molecule has 0 saturated carbocycles. The molecular weight excluding hydrogens is 583 g/mol. The number of ether oxygens (including phenoxy) is 2. The molecule has 0 radical (unpaired) electrons. The lowest BCUT2D eigenvalue weighted by Gasteiger charge is -2.29. The quantitative estimate of drug-likeness (QED) is 0.203. The van der Waals surface area contributed by atoms with Crippen molar-refractivity contribution in [2.24, 2.45) is 0 Å². The first-order valence-electron chi connectivity index (χ1n) is 14.5. The number of aromatic nitrogens is 1. The zero-order valence-electron chi connectivity index (χ0n) is 25.0. The SMILES string of the molecule is CC(C)(C)OC(=O)n1c(C(=O)O)c(CC2CCCN2C(=O)OC(=O)C(O)(c2ccccc2)c2ccccc2)c2ccc(F)cc21. The zero-order chi connectivity index (χ0) is 32.5. The summed E-state index contributed by atoms with van der Waals surface area (Å²) in [4.78, 5) is 54.1. The number of rotatable bonds is 6. The highest BCUT2D eigenvalue weighted by atomic mass is 19.1. The van der Waals surface area contributed by atoms with Crippen molar-refractivity contribution in [1.82, 2.24) is 9.47 Å². The molecule has 2 N–H and O–H groups in total. The first-order chi connectivity index (χ1) is 21.3. The van der Waals surface area contributed by atoms with Crippen LogP contribution in [0.3, 0.4) is 0 Å². The van der Waals surface area contributed by atoms with Gasteiger partial charge in [0.1, 0.15) is 17.1 Å².